The van der Waals surface area contributed by atoms with Crippen LogP contribution in [0.15, 0.2) is 4.99 Å². The van der Waals surface area contributed by atoms with Gasteiger partial charge in [0, 0.05) is 5.54 Å². The minimum absolute atomic E-state index is 0.0785. The first kappa shape index (κ1) is 19.5. The number of carbonyl (C=O) groups is 1. The topological polar surface area (TPSA) is 88.7 Å². The first-order chi connectivity index (χ1) is 9.43. The van der Waals surface area contributed by atoms with Crippen molar-refractivity contribution in [3.63, 3.8) is 0 Å². The van der Waals surface area contributed by atoms with Crippen molar-refractivity contribution in [3.05, 3.63) is 0 Å². The molecule has 0 aromatic rings. The molecule has 0 saturated carbocycles. The van der Waals surface area contributed by atoms with Crippen molar-refractivity contribution < 1.29 is 9.53 Å². The number of guanidine groups is 1. The van der Waals surface area contributed by atoms with Crippen molar-refractivity contribution >= 4 is 12.1 Å². The molecule has 124 valence electrons. The summed E-state index contributed by atoms with van der Waals surface area (Å²) in [6.07, 6.45) is 1.35. The molecule has 1 atom stereocenters. The molecule has 0 heterocycles. The number of ether oxygens (including phenoxy) is 1. The first-order valence-corrected chi connectivity index (χ1v) is 7.50. The molecule has 0 radical (unpaired) electrons. The Kier molecular flexibility index (Phi) is 7.53. The zero-order valence-electron chi connectivity index (χ0n) is 14.5. The van der Waals surface area contributed by atoms with E-state index >= 15 is 0 Å². The van der Waals surface area contributed by atoms with Crippen LogP contribution in [0.5, 0.6) is 0 Å². The Balaban J connectivity index is 4.49. The van der Waals surface area contributed by atoms with Crippen molar-refractivity contribution in [3.8, 4) is 0 Å². The van der Waals surface area contributed by atoms with Crippen LogP contribution in [0.3, 0.4) is 0 Å². The van der Waals surface area contributed by atoms with Gasteiger partial charge in [0.1, 0.15) is 5.60 Å². The highest BCUT2D eigenvalue weighted by atomic mass is 16.6. The Bertz CT molecular complexity index is 354. The van der Waals surface area contributed by atoms with Crippen LogP contribution >= 0.6 is 0 Å². The molecule has 0 spiro atoms. The number of hydrogen-bond acceptors (Lipinski definition) is 3. The van der Waals surface area contributed by atoms with Crippen LogP contribution in [0.25, 0.3) is 0 Å². The van der Waals surface area contributed by atoms with Gasteiger partial charge in [0.05, 0.1) is 12.6 Å². The van der Waals surface area contributed by atoms with Crippen molar-refractivity contribution in [2.45, 2.75) is 78.5 Å². The molecule has 1 amide bonds. The minimum Gasteiger partial charge on any atom is -0.444 e. The maximum atomic E-state index is 11.8. The monoisotopic (exact) mass is 300 g/mol. The van der Waals surface area contributed by atoms with E-state index in [4.69, 9.17) is 10.5 Å². The normalized spacial score (nSPS) is 14.5. The van der Waals surface area contributed by atoms with Gasteiger partial charge in [-0.2, -0.15) is 0 Å². The van der Waals surface area contributed by atoms with Gasteiger partial charge in [0.25, 0.3) is 0 Å². The van der Waals surface area contributed by atoms with Crippen molar-refractivity contribution in [1.82, 2.24) is 10.6 Å². The van der Waals surface area contributed by atoms with Crippen LogP contribution in [0, 0.1) is 0 Å². The van der Waals surface area contributed by atoms with E-state index < -0.39 is 11.7 Å². The van der Waals surface area contributed by atoms with Crippen LogP contribution in [0.4, 0.5) is 4.79 Å². The molecule has 0 aromatic carbocycles. The molecular formula is C15H32N4O2. The highest BCUT2D eigenvalue weighted by molar-refractivity contribution is 5.78. The molecule has 0 aliphatic carbocycles. The predicted molar refractivity (Wildman–Crippen MR) is 87.4 cm³/mol. The Morgan fingerprint density at radius 2 is 1.81 bits per heavy atom. The fraction of sp³-hybridized carbons (Fsp3) is 0.867. The lowest BCUT2D eigenvalue weighted by molar-refractivity contribution is 0.0503. The Morgan fingerprint density at radius 3 is 2.24 bits per heavy atom. The number of aliphatic imine (C=N–C) groups is 1. The van der Waals surface area contributed by atoms with Gasteiger partial charge in [-0.15, -0.1) is 0 Å². The van der Waals surface area contributed by atoms with E-state index in [1.54, 1.807) is 0 Å². The number of nitrogens with one attached hydrogen (secondary N) is 2. The Hall–Kier alpha value is -1.46. The summed E-state index contributed by atoms with van der Waals surface area (Å²) in [6.45, 7) is 14.0. The molecule has 0 aliphatic heterocycles. The van der Waals surface area contributed by atoms with E-state index in [-0.39, 0.29) is 11.6 Å². The molecule has 0 aromatic heterocycles. The van der Waals surface area contributed by atoms with Gasteiger partial charge in [-0.05, 0) is 48.0 Å². The SMILES string of the molecule is CCCC(CN=C(N)NC(C)(C)C)NC(=O)OC(C)(C)C. The lowest BCUT2D eigenvalue weighted by Crippen LogP contribution is -2.46. The van der Waals surface area contributed by atoms with E-state index in [9.17, 15) is 4.79 Å². The highest BCUT2D eigenvalue weighted by Gasteiger charge is 2.19. The second-order valence-electron chi connectivity index (χ2n) is 7.23. The van der Waals surface area contributed by atoms with Crippen LogP contribution in [0.2, 0.25) is 0 Å². The summed E-state index contributed by atoms with van der Waals surface area (Å²) in [7, 11) is 0. The van der Waals surface area contributed by atoms with Gasteiger partial charge < -0.3 is 21.1 Å². The second kappa shape index (κ2) is 8.10. The fourth-order valence-electron chi connectivity index (χ4n) is 1.66. The van der Waals surface area contributed by atoms with Gasteiger partial charge >= 0.3 is 6.09 Å². The molecule has 6 nitrogen and oxygen atoms in total. The van der Waals surface area contributed by atoms with Gasteiger partial charge in [-0.3, -0.25) is 4.99 Å². The largest absolute Gasteiger partial charge is 0.444 e. The van der Waals surface area contributed by atoms with Crippen LogP contribution in [-0.4, -0.2) is 35.8 Å². The van der Waals surface area contributed by atoms with E-state index in [1.165, 1.54) is 0 Å². The van der Waals surface area contributed by atoms with Crippen molar-refractivity contribution in [2.75, 3.05) is 6.54 Å². The van der Waals surface area contributed by atoms with E-state index in [1.807, 2.05) is 41.5 Å². The number of nitrogens with zero attached hydrogens (tertiary/aromatic N) is 1. The summed E-state index contributed by atoms with van der Waals surface area (Å²) in [5.74, 6) is 0.384. The average molecular weight is 300 g/mol. The molecule has 0 rings (SSSR count). The van der Waals surface area contributed by atoms with Gasteiger partial charge in [-0.25, -0.2) is 4.79 Å². The molecule has 1 unspecified atom stereocenters. The van der Waals surface area contributed by atoms with E-state index in [0.29, 0.717) is 12.5 Å². The lowest BCUT2D eigenvalue weighted by Gasteiger charge is -2.24. The Morgan fingerprint density at radius 1 is 1.24 bits per heavy atom. The average Bonchev–Trinajstić information content (AvgIpc) is 2.21. The second-order valence-corrected chi connectivity index (χ2v) is 7.23. The number of alkyl carbamates (subject to hydrolysis) is 1. The molecular weight excluding hydrogens is 268 g/mol. The number of carbonyl (C=O) groups excluding carboxylic acids is 1. The van der Waals surface area contributed by atoms with Crippen molar-refractivity contribution in [2.24, 2.45) is 10.7 Å². The highest BCUT2D eigenvalue weighted by Crippen LogP contribution is 2.08. The smallest absolute Gasteiger partial charge is 0.407 e. The first-order valence-electron chi connectivity index (χ1n) is 7.50. The lowest BCUT2D eigenvalue weighted by atomic mass is 10.1. The van der Waals surface area contributed by atoms with Crippen LogP contribution in [0.1, 0.15) is 61.3 Å². The molecule has 4 N–H and O–H groups in total. The fourth-order valence-corrected chi connectivity index (χ4v) is 1.66. The third-order valence-electron chi connectivity index (χ3n) is 2.34. The maximum Gasteiger partial charge on any atom is 0.407 e. The zero-order chi connectivity index (χ0) is 16.7. The molecule has 0 saturated heterocycles. The molecule has 0 aliphatic rings. The number of rotatable bonds is 5. The summed E-state index contributed by atoms with van der Waals surface area (Å²) in [5.41, 5.74) is 5.20. The van der Waals surface area contributed by atoms with Crippen LogP contribution in [-0.2, 0) is 4.74 Å². The van der Waals surface area contributed by atoms with Crippen molar-refractivity contribution in [1.29, 1.82) is 0 Å². The van der Waals surface area contributed by atoms with E-state index in [2.05, 4.69) is 22.5 Å². The molecule has 6 heteroatoms. The third kappa shape index (κ3) is 12.0. The van der Waals surface area contributed by atoms with Gasteiger partial charge in [0.15, 0.2) is 5.96 Å². The standard InChI is InChI=1S/C15H32N4O2/c1-8-9-11(18-13(20)21-15(5,6)7)10-17-12(16)19-14(2,3)4/h11H,8-10H2,1-7H3,(H,18,20)(H3,16,17,19). The van der Waals surface area contributed by atoms with Crippen LogP contribution < -0.4 is 16.4 Å². The molecule has 0 bridgehead atoms. The van der Waals surface area contributed by atoms with Gasteiger partial charge in [-0.1, -0.05) is 13.3 Å². The number of amides is 1. The Labute approximate surface area is 128 Å². The summed E-state index contributed by atoms with van der Waals surface area (Å²) < 4.78 is 5.26. The number of hydrogen-bond donors (Lipinski definition) is 3. The van der Waals surface area contributed by atoms with E-state index in [0.717, 1.165) is 12.8 Å². The summed E-state index contributed by atoms with van der Waals surface area (Å²) in [6, 6.07) is -0.0785. The summed E-state index contributed by atoms with van der Waals surface area (Å²) in [4.78, 5) is 16.1. The van der Waals surface area contributed by atoms with Gasteiger partial charge in [0.2, 0.25) is 0 Å². The minimum atomic E-state index is -0.503. The molecule has 21 heavy (non-hydrogen) atoms. The zero-order valence-corrected chi connectivity index (χ0v) is 14.5. The number of nitrogens with two attached hydrogens (primary N) is 1. The maximum absolute atomic E-state index is 11.8. The summed E-state index contributed by atoms with van der Waals surface area (Å²) in [5, 5.41) is 5.93. The quantitative estimate of drug-likeness (QED) is 0.537. The predicted octanol–water partition coefficient (Wildman–Crippen LogP) is 2.38. The summed E-state index contributed by atoms with van der Waals surface area (Å²) >= 11 is 0. The molecule has 0 fully saturated rings. The third-order valence-corrected chi connectivity index (χ3v) is 2.34.